The van der Waals surface area contributed by atoms with Crippen LogP contribution in [0.1, 0.15) is 5.56 Å². The molecule has 1 rings (SSSR count). The van der Waals surface area contributed by atoms with E-state index in [1.54, 1.807) is 24.3 Å². The lowest BCUT2D eigenvalue weighted by molar-refractivity contribution is 0.878. The topological polar surface area (TPSA) is 0 Å². The van der Waals surface area contributed by atoms with Gasteiger partial charge in [0.2, 0.25) is 3.79 Å². The molecule has 0 unspecified atom stereocenters. The molecule has 14 heavy (non-hydrogen) atoms. The molecule has 0 spiro atoms. The average Bonchev–Trinajstić information content (AvgIpc) is 2.02. The number of hydrogen-bond donors (Lipinski definition) is 0. The van der Waals surface area contributed by atoms with Crippen molar-refractivity contribution >= 4 is 69.6 Å². The van der Waals surface area contributed by atoms with Gasteiger partial charge in [0.05, 0.1) is 0 Å². The normalized spacial score (nSPS) is 13.0. The molecule has 0 aliphatic heterocycles. The number of benzene rings is 1. The first kappa shape index (κ1) is 13.0. The highest BCUT2D eigenvalue weighted by molar-refractivity contribution is 6.75. The minimum Gasteiger partial charge on any atom is -0.0914 e. The van der Waals surface area contributed by atoms with Crippen LogP contribution in [0.3, 0.4) is 0 Å². The summed E-state index contributed by atoms with van der Waals surface area (Å²) >= 11 is 34.6. The summed E-state index contributed by atoms with van der Waals surface area (Å²) in [7, 11) is 0. The van der Waals surface area contributed by atoms with E-state index in [1.807, 2.05) is 0 Å². The third kappa shape index (κ3) is 2.55. The van der Waals surface area contributed by atoms with Gasteiger partial charge in [-0.25, -0.2) is 0 Å². The lowest BCUT2D eigenvalue weighted by Crippen LogP contribution is -2.28. The van der Waals surface area contributed by atoms with E-state index < -0.39 is 8.13 Å². The van der Waals surface area contributed by atoms with Gasteiger partial charge in [0, 0.05) is 10.6 Å². The maximum atomic E-state index is 5.93. The molecule has 0 heterocycles. The molecule has 0 nitrogen and oxygen atoms in total. The van der Waals surface area contributed by atoms with Gasteiger partial charge in [-0.3, -0.25) is 0 Å². The molecule has 0 aliphatic carbocycles. The van der Waals surface area contributed by atoms with E-state index in [-0.39, 0.29) is 0 Å². The molecule has 78 valence electrons. The van der Waals surface area contributed by atoms with Gasteiger partial charge in [0.1, 0.15) is 0 Å². The summed E-state index contributed by atoms with van der Waals surface area (Å²) in [4.78, 5) is 0. The molecule has 0 aromatic heterocycles. The van der Waals surface area contributed by atoms with Crippen LogP contribution >= 0.6 is 69.6 Å². The highest BCUT2D eigenvalue weighted by Gasteiger charge is 2.48. The number of rotatable bonds is 1. The minimum atomic E-state index is -1.85. The highest BCUT2D eigenvalue weighted by atomic mass is 35.6. The second-order valence-corrected chi connectivity index (χ2v) is 6.57. The molecule has 1 aromatic rings. The molecule has 0 saturated carbocycles. The summed E-state index contributed by atoms with van der Waals surface area (Å²) < 4.78 is -3.52. The zero-order valence-corrected chi connectivity index (χ0v) is 11.1. The third-order valence-corrected chi connectivity index (χ3v) is 4.30. The Balaban J connectivity index is 3.23. The van der Waals surface area contributed by atoms with Gasteiger partial charge < -0.3 is 0 Å². The van der Waals surface area contributed by atoms with Gasteiger partial charge in [-0.05, 0) is 6.07 Å². The molecule has 0 amide bonds. The smallest absolute Gasteiger partial charge is 0.0914 e. The summed E-state index contributed by atoms with van der Waals surface area (Å²) in [5.41, 5.74) is 0.366. The summed E-state index contributed by atoms with van der Waals surface area (Å²) in [6.45, 7) is 0. The minimum absolute atomic E-state index is 0.351. The van der Waals surface area contributed by atoms with Gasteiger partial charge in [0.15, 0.2) is 4.33 Å². The lowest BCUT2D eigenvalue weighted by Gasteiger charge is -2.28. The quantitative estimate of drug-likeness (QED) is 0.614. The fourth-order valence-corrected chi connectivity index (χ4v) is 1.88. The fraction of sp³-hybridized carbons (Fsp3) is 0.250. The molecular formula is C8H4Cl6. The third-order valence-electron chi connectivity index (χ3n) is 1.57. The van der Waals surface area contributed by atoms with E-state index in [1.165, 1.54) is 0 Å². The maximum Gasteiger partial charge on any atom is 0.227 e. The second kappa shape index (κ2) is 4.45. The van der Waals surface area contributed by atoms with E-state index in [4.69, 9.17) is 69.6 Å². The zero-order valence-electron chi connectivity index (χ0n) is 6.58. The Kier molecular flexibility index (Phi) is 4.14. The Bertz CT molecular complexity index is 327. The SMILES string of the molecule is Clc1ccccc1C(Cl)(Cl)C(Cl)(Cl)Cl. The molecular weight excluding hydrogens is 309 g/mol. The average molecular weight is 313 g/mol. The van der Waals surface area contributed by atoms with Crippen molar-refractivity contribution in [2.45, 2.75) is 8.13 Å². The van der Waals surface area contributed by atoms with E-state index in [0.29, 0.717) is 10.6 Å². The van der Waals surface area contributed by atoms with E-state index >= 15 is 0 Å². The highest BCUT2D eigenvalue weighted by Crippen LogP contribution is 2.54. The Hall–Kier alpha value is 0.960. The Morgan fingerprint density at radius 1 is 0.857 bits per heavy atom. The van der Waals surface area contributed by atoms with Crippen LogP contribution in [0.25, 0.3) is 0 Å². The van der Waals surface area contributed by atoms with Crippen molar-refractivity contribution in [1.82, 2.24) is 0 Å². The Labute approximate surface area is 112 Å². The van der Waals surface area contributed by atoms with Gasteiger partial charge in [-0.15, -0.1) is 0 Å². The molecule has 0 aliphatic rings. The predicted octanol–water partition coefficient (Wildman–Crippen LogP) is 5.34. The van der Waals surface area contributed by atoms with Crippen molar-refractivity contribution in [3.8, 4) is 0 Å². The number of alkyl halides is 5. The first-order valence-corrected chi connectivity index (χ1v) is 5.73. The van der Waals surface area contributed by atoms with E-state index in [9.17, 15) is 0 Å². The van der Waals surface area contributed by atoms with Crippen molar-refractivity contribution in [2.24, 2.45) is 0 Å². The largest absolute Gasteiger partial charge is 0.227 e. The molecule has 0 radical (unpaired) electrons. The van der Waals surface area contributed by atoms with Gasteiger partial charge >= 0.3 is 0 Å². The summed E-state index contributed by atoms with van der Waals surface area (Å²) in [6.07, 6.45) is 0. The summed E-state index contributed by atoms with van der Waals surface area (Å²) in [6, 6.07) is 6.65. The van der Waals surface area contributed by atoms with Crippen molar-refractivity contribution in [3.63, 3.8) is 0 Å². The molecule has 0 atom stereocenters. The molecule has 0 saturated heterocycles. The van der Waals surface area contributed by atoms with Crippen molar-refractivity contribution < 1.29 is 0 Å². The van der Waals surface area contributed by atoms with Crippen LogP contribution in [0.5, 0.6) is 0 Å². The van der Waals surface area contributed by atoms with Crippen LogP contribution < -0.4 is 0 Å². The number of halogens is 6. The van der Waals surface area contributed by atoms with Crippen molar-refractivity contribution in [2.75, 3.05) is 0 Å². The van der Waals surface area contributed by atoms with Crippen LogP contribution in [0, 0.1) is 0 Å². The van der Waals surface area contributed by atoms with Crippen LogP contribution in [-0.2, 0) is 4.33 Å². The van der Waals surface area contributed by atoms with Crippen LogP contribution in [0.4, 0.5) is 0 Å². The predicted molar refractivity (Wildman–Crippen MR) is 65.1 cm³/mol. The fourth-order valence-electron chi connectivity index (χ4n) is 0.869. The van der Waals surface area contributed by atoms with Crippen molar-refractivity contribution in [3.05, 3.63) is 34.9 Å². The zero-order chi connectivity index (χ0) is 11.0. The summed E-state index contributed by atoms with van der Waals surface area (Å²) in [5, 5.41) is 0.351. The standard InChI is InChI=1S/C8H4Cl6/c9-6-4-2-1-3-5(6)7(10,11)8(12,13)14/h1-4H. The Morgan fingerprint density at radius 2 is 1.36 bits per heavy atom. The monoisotopic (exact) mass is 310 g/mol. The number of hydrogen-bond acceptors (Lipinski definition) is 0. The molecule has 0 bridgehead atoms. The molecule has 0 fully saturated rings. The van der Waals surface area contributed by atoms with Gasteiger partial charge in [-0.2, -0.15) is 0 Å². The molecule has 6 heteroatoms. The van der Waals surface area contributed by atoms with E-state index in [0.717, 1.165) is 0 Å². The second-order valence-electron chi connectivity index (χ2n) is 2.55. The lowest BCUT2D eigenvalue weighted by atomic mass is 10.1. The first-order valence-electron chi connectivity index (χ1n) is 3.46. The van der Waals surface area contributed by atoms with Crippen LogP contribution in [0.15, 0.2) is 24.3 Å². The van der Waals surface area contributed by atoms with Gasteiger partial charge in [-0.1, -0.05) is 87.8 Å². The van der Waals surface area contributed by atoms with E-state index in [2.05, 4.69) is 0 Å². The van der Waals surface area contributed by atoms with Crippen LogP contribution in [0.2, 0.25) is 5.02 Å². The maximum absolute atomic E-state index is 5.93. The first-order chi connectivity index (χ1) is 6.27. The molecule has 1 aromatic carbocycles. The van der Waals surface area contributed by atoms with Crippen molar-refractivity contribution in [1.29, 1.82) is 0 Å². The molecule has 0 N–H and O–H groups in total. The van der Waals surface area contributed by atoms with Gasteiger partial charge in [0.25, 0.3) is 0 Å². The van der Waals surface area contributed by atoms with Crippen LogP contribution in [-0.4, -0.2) is 3.79 Å². The summed E-state index contributed by atoms with van der Waals surface area (Å²) in [5.74, 6) is 0. The Morgan fingerprint density at radius 3 is 1.79 bits per heavy atom.